The number of nitrogens with zero attached hydrogens (tertiary/aromatic N) is 1. The van der Waals surface area contributed by atoms with Gasteiger partial charge < -0.3 is 15.2 Å². The smallest absolute Gasteiger partial charge is 0.321 e. The van der Waals surface area contributed by atoms with Crippen LogP contribution in [0.5, 0.6) is 0 Å². The summed E-state index contributed by atoms with van der Waals surface area (Å²) in [6.07, 6.45) is 5.13. The van der Waals surface area contributed by atoms with Crippen LogP contribution in [-0.4, -0.2) is 22.0 Å². The average molecular weight is 422 g/mol. The predicted octanol–water partition coefficient (Wildman–Crippen LogP) is 5.65. The lowest BCUT2D eigenvalue weighted by molar-refractivity contribution is 0.162. The minimum Gasteiger partial charge on any atom is -0.321 e. The zero-order valence-corrected chi connectivity index (χ0v) is 18.0. The molecule has 4 rings (SSSR count). The van der Waals surface area contributed by atoms with E-state index < -0.39 is 0 Å². The molecule has 1 aromatic heterocycles. The highest BCUT2D eigenvalue weighted by atomic mass is 19.1. The van der Waals surface area contributed by atoms with E-state index in [1.807, 2.05) is 32.0 Å². The molecule has 1 aliphatic rings. The number of halogens is 1. The molecule has 31 heavy (non-hydrogen) atoms. The first kappa shape index (κ1) is 21.1. The fourth-order valence-corrected chi connectivity index (χ4v) is 4.36. The van der Waals surface area contributed by atoms with Crippen molar-refractivity contribution in [1.82, 2.24) is 9.88 Å². The largest absolute Gasteiger partial charge is 0.322 e. The normalized spacial score (nSPS) is 14.5. The van der Waals surface area contributed by atoms with E-state index in [9.17, 15) is 14.0 Å². The van der Waals surface area contributed by atoms with Crippen molar-refractivity contribution >= 4 is 22.6 Å². The van der Waals surface area contributed by atoms with Crippen LogP contribution in [0.4, 0.5) is 14.9 Å². The summed E-state index contributed by atoms with van der Waals surface area (Å²) in [5.74, 6) is -0.352. The summed E-state index contributed by atoms with van der Waals surface area (Å²) in [6, 6.07) is 11.5. The Morgan fingerprint density at radius 3 is 2.52 bits per heavy atom. The number of carbonyl (C=O) groups is 1. The third kappa shape index (κ3) is 4.63. The van der Waals surface area contributed by atoms with Gasteiger partial charge in [-0.3, -0.25) is 4.79 Å². The molecular formula is C25H28FN3O2. The van der Waals surface area contributed by atoms with Gasteiger partial charge in [0.05, 0.1) is 12.1 Å². The number of anilines is 1. The van der Waals surface area contributed by atoms with E-state index in [4.69, 9.17) is 0 Å². The summed E-state index contributed by atoms with van der Waals surface area (Å²) in [6.45, 7) is 4.25. The van der Waals surface area contributed by atoms with Gasteiger partial charge in [-0.15, -0.1) is 0 Å². The van der Waals surface area contributed by atoms with E-state index in [0.717, 1.165) is 47.7 Å². The molecule has 1 fully saturated rings. The summed E-state index contributed by atoms with van der Waals surface area (Å²) in [5, 5.41) is 3.83. The van der Waals surface area contributed by atoms with Gasteiger partial charge in [-0.25, -0.2) is 9.18 Å². The maximum Gasteiger partial charge on any atom is 0.322 e. The minimum absolute atomic E-state index is 0.0732. The topological polar surface area (TPSA) is 65.2 Å². The third-order valence-corrected chi connectivity index (χ3v) is 6.34. The van der Waals surface area contributed by atoms with E-state index in [0.29, 0.717) is 11.3 Å². The summed E-state index contributed by atoms with van der Waals surface area (Å²) in [5.41, 5.74) is 3.95. The molecule has 6 heteroatoms. The molecule has 2 N–H and O–H groups in total. The fourth-order valence-electron chi connectivity index (χ4n) is 4.36. The number of hydrogen-bond acceptors (Lipinski definition) is 2. The number of fused-ring (bicyclic) bond motifs is 1. The Hall–Kier alpha value is -3.15. The Bertz CT molecular complexity index is 1150. The van der Waals surface area contributed by atoms with Crippen LogP contribution in [0.15, 0.2) is 47.3 Å². The maximum absolute atomic E-state index is 13.2. The van der Waals surface area contributed by atoms with E-state index in [-0.39, 0.29) is 30.0 Å². The number of benzene rings is 2. The van der Waals surface area contributed by atoms with E-state index in [1.165, 1.54) is 18.6 Å². The number of H-pyrrole nitrogens is 1. The second-order valence-corrected chi connectivity index (χ2v) is 8.45. The molecule has 1 aliphatic carbocycles. The zero-order chi connectivity index (χ0) is 22.0. The number of aromatic nitrogens is 1. The summed E-state index contributed by atoms with van der Waals surface area (Å²) < 4.78 is 13.2. The third-order valence-electron chi connectivity index (χ3n) is 6.34. The van der Waals surface area contributed by atoms with E-state index in [2.05, 4.69) is 10.3 Å². The van der Waals surface area contributed by atoms with Crippen molar-refractivity contribution < 1.29 is 9.18 Å². The Morgan fingerprint density at radius 1 is 1.10 bits per heavy atom. The fraction of sp³-hybridized carbons (Fsp3) is 0.360. The maximum atomic E-state index is 13.2. The second-order valence-electron chi connectivity index (χ2n) is 8.45. The van der Waals surface area contributed by atoms with Crippen LogP contribution < -0.4 is 10.9 Å². The van der Waals surface area contributed by atoms with Crippen LogP contribution in [-0.2, 0) is 6.54 Å². The van der Waals surface area contributed by atoms with Crippen molar-refractivity contribution in [3.8, 4) is 0 Å². The minimum atomic E-state index is -0.352. The number of carbonyl (C=O) groups excluding carboxylic acids is 1. The van der Waals surface area contributed by atoms with Gasteiger partial charge in [-0.2, -0.15) is 0 Å². The van der Waals surface area contributed by atoms with Gasteiger partial charge in [0.25, 0.3) is 5.56 Å². The van der Waals surface area contributed by atoms with Crippen LogP contribution in [0.2, 0.25) is 0 Å². The lowest BCUT2D eigenvalue weighted by Crippen LogP contribution is -2.44. The summed E-state index contributed by atoms with van der Waals surface area (Å²) in [7, 11) is 0. The van der Waals surface area contributed by atoms with Crippen LogP contribution in [0.25, 0.3) is 10.9 Å². The van der Waals surface area contributed by atoms with Crippen molar-refractivity contribution in [3.05, 3.63) is 75.3 Å². The quantitative estimate of drug-likeness (QED) is 0.572. The van der Waals surface area contributed by atoms with Gasteiger partial charge in [0.2, 0.25) is 0 Å². The summed E-state index contributed by atoms with van der Waals surface area (Å²) >= 11 is 0. The molecule has 2 aromatic carbocycles. The molecule has 162 valence electrons. The molecule has 0 radical (unpaired) electrons. The number of aryl methyl sites for hydroxylation is 2. The Kier molecular flexibility index (Phi) is 6.07. The lowest BCUT2D eigenvalue weighted by Gasteiger charge is -2.34. The molecule has 0 unspecified atom stereocenters. The highest BCUT2D eigenvalue weighted by Gasteiger charge is 2.26. The molecule has 1 heterocycles. The zero-order valence-electron chi connectivity index (χ0n) is 18.0. The molecule has 0 aliphatic heterocycles. The lowest BCUT2D eigenvalue weighted by atomic mass is 9.94. The molecular weight excluding hydrogens is 393 g/mol. The van der Waals surface area contributed by atoms with Crippen LogP contribution in [0.3, 0.4) is 0 Å². The van der Waals surface area contributed by atoms with Gasteiger partial charge >= 0.3 is 6.03 Å². The Balaban J connectivity index is 1.64. The first-order valence-corrected chi connectivity index (χ1v) is 10.9. The molecule has 5 nitrogen and oxygen atoms in total. The van der Waals surface area contributed by atoms with Crippen molar-refractivity contribution in [2.75, 3.05) is 5.32 Å². The number of hydrogen-bond donors (Lipinski definition) is 2. The molecule has 0 saturated heterocycles. The van der Waals surface area contributed by atoms with Gasteiger partial charge in [0.15, 0.2) is 0 Å². The number of nitrogens with one attached hydrogen (secondary N) is 2. The number of urea groups is 1. The standard InChI is InChI=1S/C25H28FN3O2/c1-16-8-9-18-14-19(24(30)28-23(18)17(16)2)15-29(22-6-4-3-5-7-22)25(31)27-21-12-10-20(26)11-13-21/h8-14,22H,3-7,15H2,1-2H3,(H,27,31)(H,28,30). The summed E-state index contributed by atoms with van der Waals surface area (Å²) in [4.78, 5) is 30.8. The van der Waals surface area contributed by atoms with Gasteiger partial charge in [0, 0.05) is 17.3 Å². The first-order chi connectivity index (χ1) is 14.9. The Labute approximate surface area is 181 Å². The van der Waals surface area contributed by atoms with Gasteiger partial charge in [-0.05, 0) is 73.5 Å². The predicted molar refractivity (Wildman–Crippen MR) is 122 cm³/mol. The van der Waals surface area contributed by atoms with Gasteiger partial charge in [0.1, 0.15) is 5.82 Å². The van der Waals surface area contributed by atoms with Crippen molar-refractivity contribution in [3.63, 3.8) is 0 Å². The van der Waals surface area contributed by atoms with Crippen molar-refractivity contribution in [1.29, 1.82) is 0 Å². The average Bonchev–Trinajstić information content (AvgIpc) is 2.77. The molecule has 2 amide bonds. The number of aromatic amines is 1. The monoisotopic (exact) mass is 421 g/mol. The van der Waals surface area contributed by atoms with Gasteiger partial charge in [-0.1, -0.05) is 31.4 Å². The number of rotatable bonds is 4. The first-order valence-electron chi connectivity index (χ1n) is 10.9. The van der Waals surface area contributed by atoms with E-state index in [1.54, 1.807) is 17.0 Å². The molecule has 1 saturated carbocycles. The second kappa shape index (κ2) is 8.92. The molecule has 0 bridgehead atoms. The Morgan fingerprint density at radius 2 is 1.81 bits per heavy atom. The highest BCUT2D eigenvalue weighted by Crippen LogP contribution is 2.26. The van der Waals surface area contributed by atoms with Crippen molar-refractivity contribution in [2.24, 2.45) is 0 Å². The molecule has 3 aromatic rings. The van der Waals surface area contributed by atoms with Crippen LogP contribution >= 0.6 is 0 Å². The van der Waals surface area contributed by atoms with Crippen molar-refractivity contribution in [2.45, 2.75) is 58.5 Å². The number of amides is 2. The van der Waals surface area contributed by atoms with E-state index >= 15 is 0 Å². The SMILES string of the molecule is Cc1ccc2cc(CN(C(=O)Nc3ccc(F)cc3)C3CCCCC3)c(=O)[nH]c2c1C. The highest BCUT2D eigenvalue weighted by molar-refractivity contribution is 5.89. The molecule has 0 atom stereocenters. The van der Waals surface area contributed by atoms with Crippen LogP contribution in [0, 0.1) is 19.7 Å². The van der Waals surface area contributed by atoms with Crippen LogP contribution in [0.1, 0.15) is 48.8 Å². The molecule has 0 spiro atoms. The number of pyridine rings is 1.